The second-order valence-corrected chi connectivity index (χ2v) is 6.56. The number of benzene rings is 1. The molecule has 0 aromatic heterocycles. The molecule has 0 radical (unpaired) electrons. The lowest BCUT2D eigenvalue weighted by Gasteiger charge is -2.33. The smallest absolute Gasteiger partial charge is 0.311 e. The number of fused-ring (bicyclic) bond motifs is 1. The Bertz CT molecular complexity index is 636. The fourth-order valence-corrected chi connectivity index (χ4v) is 3.67. The molecule has 2 aliphatic rings. The number of nitrogens with zero attached hydrogens (tertiary/aromatic N) is 1. The number of aliphatic carboxylic acids is 1. The highest BCUT2D eigenvalue weighted by atomic mass is 35.5. The fraction of sp³-hybridized carbons (Fsp3) is 0.467. The van der Waals surface area contributed by atoms with Crippen LogP contribution in [0.2, 0.25) is 10.0 Å². The number of hydrogen-bond donors (Lipinski definition) is 1. The summed E-state index contributed by atoms with van der Waals surface area (Å²) in [4.78, 5) is 26.0. The Kier molecular flexibility index (Phi) is 4.05. The van der Waals surface area contributed by atoms with Crippen molar-refractivity contribution in [3.05, 3.63) is 33.8 Å². The molecule has 5 nitrogen and oxygen atoms in total. The first-order valence-electron chi connectivity index (χ1n) is 7.00. The number of hydrogen-bond acceptors (Lipinski definition) is 3. The zero-order valence-electron chi connectivity index (χ0n) is 11.7. The van der Waals surface area contributed by atoms with Crippen LogP contribution in [-0.4, -0.2) is 48.2 Å². The lowest BCUT2D eigenvalue weighted by Crippen LogP contribution is -2.45. The van der Waals surface area contributed by atoms with Crippen molar-refractivity contribution in [3.63, 3.8) is 0 Å². The number of ether oxygens (including phenoxy) is 1. The normalized spacial score (nSPS) is 27.5. The monoisotopic (exact) mass is 343 g/mol. The van der Waals surface area contributed by atoms with E-state index in [1.165, 1.54) is 0 Å². The second kappa shape index (κ2) is 5.72. The average molecular weight is 344 g/mol. The Hall–Kier alpha value is -1.30. The maximum atomic E-state index is 12.7. The van der Waals surface area contributed by atoms with Crippen molar-refractivity contribution in [2.75, 3.05) is 26.3 Å². The minimum atomic E-state index is -0.918. The van der Waals surface area contributed by atoms with Crippen LogP contribution in [0.1, 0.15) is 16.8 Å². The van der Waals surface area contributed by atoms with Crippen LogP contribution in [0.3, 0.4) is 0 Å². The Balaban J connectivity index is 1.89. The summed E-state index contributed by atoms with van der Waals surface area (Å²) >= 11 is 12.0. The maximum absolute atomic E-state index is 12.7. The molecule has 2 fully saturated rings. The van der Waals surface area contributed by atoms with Crippen molar-refractivity contribution >= 4 is 35.1 Å². The Morgan fingerprint density at radius 1 is 1.36 bits per heavy atom. The van der Waals surface area contributed by atoms with Crippen LogP contribution in [-0.2, 0) is 9.53 Å². The first kappa shape index (κ1) is 15.6. The van der Waals surface area contributed by atoms with Crippen molar-refractivity contribution in [3.8, 4) is 0 Å². The molecular formula is C15H15Cl2NO4. The molecule has 1 aromatic rings. The first-order valence-corrected chi connectivity index (χ1v) is 7.76. The lowest BCUT2D eigenvalue weighted by molar-refractivity contribution is -0.157. The number of carbonyl (C=O) groups is 2. The van der Waals surface area contributed by atoms with E-state index in [2.05, 4.69) is 0 Å². The third-order valence-corrected chi connectivity index (χ3v) is 5.42. The molecule has 0 bridgehead atoms. The number of likely N-dealkylation sites (tertiary alicyclic amines) is 1. The summed E-state index contributed by atoms with van der Waals surface area (Å²) in [5.74, 6) is -1.35. The first-order chi connectivity index (χ1) is 10.5. The van der Waals surface area contributed by atoms with Gasteiger partial charge in [0.1, 0.15) is 0 Å². The summed E-state index contributed by atoms with van der Waals surface area (Å²) in [6.45, 7) is 1.30. The van der Waals surface area contributed by atoms with Gasteiger partial charge in [-0.25, -0.2) is 0 Å². The molecule has 1 N–H and O–H groups in total. The number of carboxylic acids is 1. The third kappa shape index (κ3) is 2.37. The zero-order chi connectivity index (χ0) is 15.9. The van der Waals surface area contributed by atoms with Crippen LogP contribution in [0.25, 0.3) is 0 Å². The lowest BCUT2D eigenvalue weighted by atomic mass is 9.74. The van der Waals surface area contributed by atoms with Gasteiger partial charge in [0.15, 0.2) is 0 Å². The van der Waals surface area contributed by atoms with Gasteiger partial charge >= 0.3 is 5.97 Å². The highest BCUT2D eigenvalue weighted by Gasteiger charge is 2.55. The number of carbonyl (C=O) groups excluding carboxylic acids is 1. The molecule has 3 rings (SSSR count). The molecule has 118 valence electrons. The van der Waals surface area contributed by atoms with E-state index in [0.29, 0.717) is 36.8 Å². The van der Waals surface area contributed by atoms with Gasteiger partial charge in [-0.3, -0.25) is 9.59 Å². The summed E-state index contributed by atoms with van der Waals surface area (Å²) in [6.07, 6.45) is 0.417. The molecule has 0 saturated carbocycles. The van der Waals surface area contributed by atoms with Gasteiger partial charge in [0.25, 0.3) is 5.91 Å². The van der Waals surface area contributed by atoms with E-state index in [4.69, 9.17) is 27.9 Å². The van der Waals surface area contributed by atoms with Gasteiger partial charge in [-0.05, 0) is 18.6 Å². The third-order valence-electron chi connectivity index (χ3n) is 4.60. The van der Waals surface area contributed by atoms with E-state index in [0.717, 1.165) is 0 Å². The van der Waals surface area contributed by atoms with Crippen LogP contribution in [0.15, 0.2) is 18.2 Å². The number of amides is 1. The number of halogens is 2. The van der Waals surface area contributed by atoms with E-state index in [9.17, 15) is 14.7 Å². The summed E-state index contributed by atoms with van der Waals surface area (Å²) in [6, 6.07) is 4.86. The van der Waals surface area contributed by atoms with Gasteiger partial charge in [-0.2, -0.15) is 0 Å². The van der Waals surface area contributed by atoms with Gasteiger partial charge in [-0.15, -0.1) is 0 Å². The molecule has 7 heteroatoms. The average Bonchev–Trinajstić information content (AvgIpc) is 2.90. The van der Waals surface area contributed by atoms with E-state index < -0.39 is 11.4 Å². The number of rotatable bonds is 2. The van der Waals surface area contributed by atoms with Crippen molar-refractivity contribution in [1.29, 1.82) is 0 Å². The van der Waals surface area contributed by atoms with Gasteiger partial charge in [-0.1, -0.05) is 29.3 Å². The minimum Gasteiger partial charge on any atom is -0.481 e. The van der Waals surface area contributed by atoms with E-state index >= 15 is 0 Å². The summed E-state index contributed by atoms with van der Waals surface area (Å²) in [5, 5.41) is 10.1. The maximum Gasteiger partial charge on any atom is 0.311 e. The van der Waals surface area contributed by atoms with Crippen LogP contribution in [0.5, 0.6) is 0 Å². The summed E-state index contributed by atoms with van der Waals surface area (Å²) < 4.78 is 5.39. The fourth-order valence-electron chi connectivity index (χ4n) is 3.29. The van der Waals surface area contributed by atoms with Gasteiger partial charge in [0.05, 0.1) is 27.6 Å². The highest BCUT2D eigenvalue weighted by Crippen LogP contribution is 2.43. The largest absolute Gasteiger partial charge is 0.481 e. The van der Waals surface area contributed by atoms with Crippen molar-refractivity contribution in [1.82, 2.24) is 4.90 Å². The molecule has 2 atom stereocenters. The minimum absolute atomic E-state index is 0.179. The number of carboxylic acid groups (broad SMARTS) is 1. The van der Waals surface area contributed by atoms with Crippen LogP contribution >= 0.6 is 23.2 Å². The summed E-state index contributed by atoms with van der Waals surface area (Å²) in [7, 11) is 0. The van der Waals surface area contributed by atoms with Gasteiger partial charge in [0, 0.05) is 25.6 Å². The zero-order valence-corrected chi connectivity index (χ0v) is 13.2. The molecule has 22 heavy (non-hydrogen) atoms. The van der Waals surface area contributed by atoms with Crippen LogP contribution in [0.4, 0.5) is 0 Å². The predicted molar refractivity (Wildman–Crippen MR) is 81.4 cm³/mol. The highest BCUT2D eigenvalue weighted by molar-refractivity contribution is 6.43. The molecule has 2 aliphatic heterocycles. The van der Waals surface area contributed by atoms with Crippen molar-refractivity contribution < 1.29 is 19.4 Å². The summed E-state index contributed by atoms with van der Waals surface area (Å²) in [5.41, 5.74) is -0.617. The molecule has 2 heterocycles. The van der Waals surface area contributed by atoms with Gasteiger partial charge in [0.2, 0.25) is 0 Å². The van der Waals surface area contributed by atoms with Crippen molar-refractivity contribution in [2.45, 2.75) is 6.42 Å². The molecule has 0 spiro atoms. The Morgan fingerprint density at radius 3 is 2.82 bits per heavy atom. The molecule has 0 aliphatic carbocycles. The molecule has 1 amide bonds. The van der Waals surface area contributed by atoms with E-state index in [1.807, 2.05) is 0 Å². The standard InChI is InChI=1S/C15H15Cl2NO4/c16-11-3-1-2-10(12(11)17)13(19)18-6-9-7-22-5-4-15(9,8-18)14(20)21/h1-3,9H,4-8H2,(H,20,21)/t9-,15+/m0/s1. The van der Waals surface area contributed by atoms with Gasteiger partial charge < -0.3 is 14.7 Å². The Morgan fingerprint density at radius 2 is 2.14 bits per heavy atom. The SMILES string of the molecule is O=C(c1cccc(Cl)c1Cl)N1C[C@H]2COCC[C@@]2(C(=O)O)C1. The van der Waals surface area contributed by atoms with Crippen LogP contribution < -0.4 is 0 Å². The predicted octanol–water partition coefficient (Wildman–Crippen LogP) is 2.56. The van der Waals surface area contributed by atoms with E-state index in [-0.39, 0.29) is 23.4 Å². The van der Waals surface area contributed by atoms with Crippen LogP contribution in [0, 0.1) is 11.3 Å². The Labute approximate surface area is 137 Å². The second-order valence-electron chi connectivity index (χ2n) is 5.77. The van der Waals surface area contributed by atoms with Crippen molar-refractivity contribution in [2.24, 2.45) is 11.3 Å². The van der Waals surface area contributed by atoms with E-state index in [1.54, 1.807) is 23.1 Å². The quantitative estimate of drug-likeness (QED) is 0.895. The topological polar surface area (TPSA) is 66.8 Å². The molecular weight excluding hydrogens is 329 g/mol. The molecule has 1 aromatic carbocycles. The molecule has 0 unspecified atom stereocenters. The molecule has 2 saturated heterocycles.